The smallest absolute Gasteiger partial charge is 0.266 e. The van der Waals surface area contributed by atoms with Crippen LogP contribution in [0, 0.1) is 10.1 Å². The predicted octanol–water partition coefficient (Wildman–Crippen LogP) is 5.09. The number of hydrogen-bond acceptors (Lipinski definition) is 8. The normalized spacial score (nSPS) is 13.0. The van der Waals surface area contributed by atoms with E-state index in [0.29, 0.717) is 24.5 Å². The maximum Gasteiger partial charge on any atom is 0.266 e. The van der Waals surface area contributed by atoms with Crippen molar-refractivity contribution in [1.29, 1.82) is 0 Å². The maximum atomic E-state index is 14.5. The van der Waals surface area contributed by atoms with Crippen molar-refractivity contribution < 1.29 is 33.7 Å². The third-order valence-corrected chi connectivity index (χ3v) is 11.6. The predicted molar refractivity (Wildman–Crippen MR) is 269 cm³/mol. The highest BCUT2D eigenvalue weighted by atomic mass is 16.7. The molecule has 1 aromatic heterocycles. The number of nitrogens with one attached hydrogen (secondary N) is 7. The Labute approximate surface area is 408 Å². The van der Waals surface area contributed by atoms with Crippen LogP contribution in [0.15, 0.2) is 120 Å². The third-order valence-electron chi connectivity index (χ3n) is 11.6. The fourth-order valence-electron chi connectivity index (χ4n) is 7.91. The van der Waals surface area contributed by atoms with Crippen molar-refractivity contribution in [3.8, 4) is 5.75 Å². The molecule has 0 bridgehead atoms. The van der Waals surface area contributed by atoms with Crippen molar-refractivity contribution in [2.75, 3.05) is 13.1 Å². The molecule has 0 saturated heterocycles. The number of hydrogen-bond donors (Lipinski definition) is 8. The number of nitro groups is 1. The highest BCUT2D eigenvalue weighted by Gasteiger charge is 2.32. The molecule has 5 amide bonds. The first-order valence-corrected chi connectivity index (χ1v) is 23.9. The number of carbonyl (C=O) groups excluding carboxylic acids is 5. The molecule has 5 aromatic rings. The monoisotopic (exact) mass is 959 g/mol. The number of nitrogens with zero attached hydrogens (tertiary/aromatic N) is 2. The molecule has 372 valence electrons. The Balaban J connectivity index is 1.36. The molecule has 0 fully saturated rings. The van der Waals surface area contributed by atoms with Crippen LogP contribution in [0.2, 0.25) is 0 Å². The number of benzene rings is 4. The van der Waals surface area contributed by atoms with E-state index >= 15 is 0 Å². The SMILES string of the molecule is CCCCCCCCNC(=O)[C@H](Cc1c[nH]c2ccccc12)NC(=O)[C@H](CCCN/C(N)=N/[N+](=O)[O-])NC(=O)[C@@H](Cc1ccccc1)NC(=O)[C@H](Cc1ccc(OCc2ccccc2)cc1)NC(C)=O. The molecular formula is C52H66N10O8. The van der Waals surface area contributed by atoms with Crippen molar-refractivity contribution in [1.82, 2.24) is 36.9 Å². The van der Waals surface area contributed by atoms with Gasteiger partial charge in [0.1, 0.15) is 41.6 Å². The van der Waals surface area contributed by atoms with Crippen LogP contribution >= 0.6 is 0 Å². The Bertz CT molecular complexity index is 2480. The summed E-state index contributed by atoms with van der Waals surface area (Å²) in [5.74, 6) is -2.69. The van der Waals surface area contributed by atoms with Gasteiger partial charge in [-0.2, -0.15) is 0 Å². The number of H-pyrrole nitrogens is 1. The second kappa shape index (κ2) is 28.5. The lowest BCUT2D eigenvalue weighted by Gasteiger charge is -2.27. The molecular weight excluding hydrogens is 893 g/mol. The van der Waals surface area contributed by atoms with Gasteiger partial charge in [0.15, 0.2) is 5.03 Å². The maximum absolute atomic E-state index is 14.5. The van der Waals surface area contributed by atoms with Gasteiger partial charge in [0.2, 0.25) is 29.5 Å². The van der Waals surface area contributed by atoms with Gasteiger partial charge in [-0.15, -0.1) is 0 Å². The van der Waals surface area contributed by atoms with Gasteiger partial charge in [-0.25, -0.2) is 10.1 Å². The van der Waals surface area contributed by atoms with Crippen molar-refractivity contribution in [3.05, 3.63) is 148 Å². The average molecular weight is 959 g/mol. The van der Waals surface area contributed by atoms with Crippen LogP contribution in [0.25, 0.3) is 10.9 Å². The molecule has 0 spiro atoms. The molecule has 4 atom stereocenters. The summed E-state index contributed by atoms with van der Waals surface area (Å²) in [6.07, 6.45) is 8.36. The van der Waals surface area contributed by atoms with Gasteiger partial charge < -0.3 is 47.4 Å². The van der Waals surface area contributed by atoms with E-state index in [4.69, 9.17) is 10.5 Å². The molecule has 9 N–H and O–H groups in total. The summed E-state index contributed by atoms with van der Waals surface area (Å²) in [6, 6.07) is 28.8. The topological polar surface area (TPSA) is 264 Å². The minimum atomic E-state index is -1.26. The van der Waals surface area contributed by atoms with Crippen molar-refractivity contribution in [2.24, 2.45) is 10.8 Å². The van der Waals surface area contributed by atoms with E-state index in [-0.39, 0.29) is 38.6 Å². The minimum Gasteiger partial charge on any atom is -0.489 e. The number of para-hydroxylation sites is 1. The van der Waals surface area contributed by atoms with Crippen LogP contribution < -0.4 is 42.4 Å². The fourth-order valence-corrected chi connectivity index (χ4v) is 7.91. The van der Waals surface area contributed by atoms with Crippen LogP contribution in [-0.4, -0.2) is 82.8 Å². The molecule has 5 rings (SSSR count). The molecule has 4 aromatic carbocycles. The van der Waals surface area contributed by atoms with E-state index in [1.807, 2.05) is 60.7 Å². The van der Waals surface area contributed by atoms with Crippen LogP contribution in [0.1, 0.15) is 87.5 Å². The van der Waals surface area contributed by atoms with Gasteiger partial charge in [-0.1, -0.05) is 130 Å². The summed E-state index contributed by atoms with van der Waals surface area (Å²) in [4.78, 5) is 83.7. The van der Waals surface area contributed by atoms with Gasteiger partial charge >= 0.3 is 0 Å². The molecule has 0 aliphatic heterocycles. The molecule has 0 aliphatic carbocycles. The second-order valence-corrected chi connectivity index (χ2v) is 17.2. The average Bonchev–Trinajstić information content (AvgIpc) is 3.76. The van der Waals surface area contributed by atoms with Gasteiger partial charge in [0, 0.05) is 56.4 Å². The van der Waals surface area contributed by atoms with Crippen LogP contribution in [0.3, 0.4) is 0 Å². The number of guanidine groups is 1. The number of aromatic nitrogens is 1. The summed E-state index contributed by atoms with van der Waals surface area (Å²) in [7, 11) is 0. The number of unbranched alkanes of at least 4 members (excludes halogenated alkanes) is 5. The highest BCUT2D eigenvalue weighted by Crippen LogP contribution is 2.20. The van der Waals surface area contributed by atoms with Crippen LogP contribution in [0.4, 0.5) is 0 Å². The van der Waals surface area contributed by atoms with E-state index in [1.165, 1.54) is 6.92 Å². The molecule has 0 saturated carbocycles. The molecule has 0 radical (unpaired) electrons. The zero-order chi connectivity index (χ0) is 50.1. The summed E-state index contributed by atoms with van der Waals surface area (Å²) in [6.45, 7) is 4.28. The van der Waals surface area contributed by atoms with Crippen molar-refractivity contribution in [3.63, 3.8) is 0 Å². The lowest BCUT2D eigenvalue weighted by molar-refractivity contribution is -0.485. The Morgan fingerprint density at radius 3 is 1.83 bits per heavy atom. The molecule has 18 heteroatoms. The van der Waals surface area contributed by atoms with Crippen molar-refractivity contribution >= 4 is 46.4 Å². The third kappa shape index (κ3) is 18.4. The first-order valence-electron chi connectivity index (χ1n) is 23.9. The van der Waals surface area contributed by atoms with E-state index in [2.05, 4.69) is 48.9 Å². The standard InChI is InChI=1S/C52H66N10O8/c1-3-4-5-6-7-16-29-54-48(64)47(33-40-34-56-43-23-15-14-22-42(40)43)60-49(65)44(24-17-30-55-52(53)61-62(68)69)58-51(67)46(31-37-18-10-8-11-19-37)59-50(66)45(57-36(2)63)32-38-25-27-41(28-26-38)70-35-39-20-12-9-13-21-39/h8-15,18-23,25-28,34,44-47,56H,3-7,16-17,24,29-33,35H2,1-2H3,(H,54,64)(H,57,63)(H,58,67)(H,59,66)(H,60,65)(H3,53,55,61)/t44-,45-,46+,47-/m0/s1. The zero-order valence-corrected chi connectivity index (χ0v) is 39.9. The van der Waals surface area contributed by atoms with Crippen molar-refractivity contribution in [2.45, 2.75) is 115 Å². The summed E-state index contributed by atoms with van der Waals surface area (Å²) in [5.41, 5.74) is 9.74. The highest BCUT2D eigenvalue weighted by molar-refractivity contribution is 5.96. The number of ether oxygens (including phenoxy) is 1. The quantitative estimate of drug-likeness (QED) is 0.0104. The van der Waals surface area contributed by atoms with E-state index in [1.54, 1.807) is 54.7 Å². The number of hydrazone groups is 1. The lowest BCUT2D eigenvalue weighted by atomic mass is 10.0. The number of fused-ring (bicyclic) bond motifs is 1. The summed E-state index contributed by atoms with van der Waals surface area (Å²) >= 11 is 0. The number of rotatable bonds is 29. The Morgan fingerprint density at radius 2 is 1.17 bits per heavy atom. The molecule has 70 heavy (non-hydrogen) atoms. The number of amides is 5. The largest absolute Gasteiger partial charge is 0.489 e. The molecule has 18 nitrogen and oxygen atoms in total. The molecule has 0 unspecified atom stereocenters. The minimum absolute atomic E-state index is 0.0128. The zero-order valence-electron chi connectivity index (χ0n) is 39.9. The Kier molecular flexibility index (Phi) is 21.7. The second-order valence-electron chi connectivity index (χ2n) is 17.2. The molecule has 0 aliphatic rings. The number of carbonyl (C=O) groups is 5. The lowest BCUT2D eigenvalue weighted by Crippen LogP contribution is -2.59. The first kappa shape index (κ1) is 53.2. The van der Waals surface area contributed by atoms with Gasteiger partial charge in [-0.05, 0) is 59.7 Å². The number of nitrogens with two attached hydrogens (primary N) is 1. The van der Waals surface area contributed by atoms with E-state index in [0.717, 1.165) is 66.1 Å². The molecule has 1 heterocycles. The summed E-state index contributed by atoms with van der Waals surface area (Å²) in [5, 5.41) is 30.8. The van der Waals surface area contributed by atoms with Crippen LogP contribution in [0.5, 0.6) is 5.75 Å². The van der Waals surface area contributed by atoms with Gasteiger partial charge in [0.25, 0.3) is 5.96 Å². The fraction of sp³-hybridized carbons (Fsp3) is 0.385. The van der Waals surface area contributed by atoms with E-state index < -0.39 is 64.7 Å². The first-order chi connectivity index (χ1) is 33.9. The van der Waals surface area contributed by atoms with Gasteiger partial charge in [-0.3, -0.25) is 24.0 Å². The summed E-state index contributed by atoms with van der Waals surface area (Å²) < 4.78 is 5.93. The van der Waals surface area contributed by atoms with E-state index in [9.17, 15) is 34.1 Å². The Morgan fingerprint density at radius 1 is 0.629 bits per heavy atom. The van der Waals surface area contributed by atoms with Crippen LogP contribution in [-0.2, 0) is 49.8 Å². The van der Waals surface area contributed by atoms with Gasteiger partial charge in [0.05, 0.1) is 0 Å². The number of aromatic amines is 1. The Hall–Kier alpha value is -7.76.